The van der Waals surface area contributed by atoms with Crippen molar-refractivity contribution < 1.29 is 4.79 Å². The Kier molecular flexibility index (Phi) is 17.6. The summed E-state index contributed by atoms with van der Waals surface area (Å²) in [7, 11) is 0. The maximum atomic E-state index is 11.6. The van der Waals surface area contributed by atoms with E-state index < -0.39 is 0 Å². The molecule has 0 aliphatic heterocycles. The van der Waals surface area contributed by atoms with Gasteiger partial charge in [-0.05, 0) is 32.1 Å². The zero-order valence-corrected chi connectivity index (χ0v) is 15.2. The Morgan fingerprint density at radius 2 is 1.32 bits per heavy atom. The molecular weight excluding hydrogens is 270 g/mol. The molecule has 22 heavy (non-hydrogen) atoms. The van der Waals surface area contributed by atoms with Crippen LogP contribution in [-0.2, 0) is 4.79 Å². The molecule has 0 aromatic heterocycles. The van der Waals surface area contributed by atoms with Gasteiger partial charge in [-0.3, -0.25) is 4.79 Å². The monoisotopic (exact) mass is 309 g/mol. The minimum Gasteiger partial charge on any atom is -0.356 e. The Morgan fingerprint density at radius 1 is 0.727 bits per heavy atom. The van der Waals surface area contributed by atoms with Crippen molar-refractivity contribution >= 4 is 5.91 Å². The van der Waals surface area contributed by atoms with E-state index in [1.165, 1.54) is 70.6 Å². The van der Waals surface area contributed by atoms with E-state index in [1.54, 1.807) is 0 Å². The fourth-order valence-electron chi connectivity index (χ4n) is 2.50. The maximum absolute atomic E-state index is 11.6. The molecule has 0 aliphatic rings. The van der Waals surface area contributed by atoms with Crippen molar-refractivity contribution in [2.24, 2.45) is 0 Å². The SMILES string of the molecule is CCCC/C=C\CCCCCCCC(=O)NCCCCCC. The van der Waals surface area contributed by atoms with Crippen LogP contribution in [0.3, 0.4) is 0 Å². The molecule has 2 heteroatoms. The van der Waals surface area contributed by atoms with Crippen LogP contribution in [0.1, 0.15) is 104 Å². The molecule has 1 amide bonds. The lowest BCUT2D eigenvalue weighted by Crippen LogP contribution is -2.23. The Balaban J connectivity index is 3.18. The van der Waals surface area contributed by atoms with Crippen molar-refractivity contribution in [1.29, 1.82) is 0 Å². The third-order valence-electron chi connectivity index (χ3n) is 4.02. The van der Waals surface area contributed by atoms with Gasteiger partial charge in [0, 0.05) is 13.0 Å². The highest BCUT2D eigenvalue weighted by Crippen LogP contribution is 2.08. The van der Waals surface area contributed by atoms with Crippen LogP contribution in [0, 0.1) is 0 Å². The number of hydrogen-bond acceptors (Lipinski definition) is 1. The molecule has 130 valence electrons. The van der Waals surface area contributed by atoms with Crippen molar-refractivity contribution in [2.75, 3.05) is 6.54 Å². The van der Waals surface area contributed by atoms with Gasteiger partial charge in [0.1, 0.15) is 0 Å². The largest absolute Gasteiger partial charge is 0.356 e. The molecule has 0 aliphatic carbocycles. The van der Waals surface area contributed by atoms with Crippen molar-refractivity contribution in [1.82, 2.24) is 5.32 Å². The number of amides is 1. The van der Waals surface area contributed by atoms with Gasteiger partial charge >= 0.3 is 0 Å². The van der Waals surface area contributed by atoms with Crippen LogP contribution in [0.25, 0.3) is 0 Å². The van der Waals surface area contributed by atoms with Gasteiger partial charge in [0.25, 0.3) is 0 Å². The molecule has 0 saturated carbocycles. The molecule has 0 atom stereocenters. The average molecular weight is 310 g/mol. The molecule has 1 N–H and O–H groups in total. The minimum atomic E-state index is 0.246. The Labute approximate surface area is 139 Å². The van der Waals surface area contributed by atoms with Crippen LogP contribution < -0.4 is 5.32 Å². The second kappa shape index (κ2) is 18.3. The van der Waals surface area contributed by atoms with Crippen LogP contribution in [0.5, 0.6) is 0 Å². The van der Waals surface area contributed by atoms with Gasteiger partial charge in [-0.1, -0.05) is 77.4 Å². The maximum Gasteiger partial charge on any atom is 0.219 e. The van der Waals surface area contributed by atoms with Crippen LogP contribution in [0.4, 0.5) is 0 Å². The van der Waals surface area contributed by atoms with Gasteiger partial charge in [0.05, 0.1) is 0 Å². The Hall–Kier alpha value is -0.790. The van der Waals surface area contributed by atoms with Gasteiger partial charge in [0.15, 0.2) is 0 Å². The predicted octanol–water partition coefficient (Wildman–Crippen LogP) is 6.16. The molecule has 0 rings (SSSR count). The summed E-state index contributed by atoms with van der Waals surface area (Å²) in [6, 6.07) is 0. The molecule has 0 fully saturated rings. The highest BCUT2D eigenvalue weighted by molar-refractivity contribution is 5.75. The van der Waals surface area contributed by atoms with Gasteiger partial charge < -0.3 is 5.32 Å². The van der Waals surface area contributed by atoms with Crippen molar-refractivity contribution in [3.63, 3.8) is 0 Å². The quantitative estimate of drug-likeness (QED) is 0.268. The second-order valence-electron chi connectivity index (χ2n) is 6.33. The van der Waals surface area contributed by atoms with E-state index in [1.807, 2.05) is 0 Å². The highest BCUT2D eigenvalue weighted by Gasteiger charge is 2.00. The molecule has 0 spiro atoms. The number of carbonyl (C=O) groups is 1. The normalized spacial score (nSPS) is 11.2. The number of unbranched alkanes of at least 4 members (excludes halogenated alkanes) is 10. The molecule has 0 saturated heterocycles. The first-order valence-electron chi connectivity index (χ1n) is 9.73. The summed E-state index contributed by atoms with van der Waals surface area (Å²) in [6.07, 6.45) is 21.5. The molecule has 0 bridgehead atoms. The van der Waals surface area contributed by atoms with Crippen LogP contribution in [0.2, 0.25) is 0 Å². The molecule has 2 nitrogen and oxygen atoms in total. The van der Waals surface area contributed by atoms with E-state index in [0.717, 1.165) is 19.4 Å². The molecule has 0 aromatic carbocycles. The Morgan fingerprint density at radius 3 is 2.05 bits per heavy atom. The number of allylic oxidation sites excluding steroid dienone is 2. The summed E-state index contributed by atoms with van der Waals surface area (Å²) < 4.78 is 0. The van der Waals surface area contributed by atoms with Crippen molar-refractivity contribution in [3.8, 4) is 0 Å². The average Bonchev–Trinajstić information content (AvgIpc) is 2.52. The van der Waals surface area contributed by atoms with E-state index in [4.69, 9.17) is 0 Å². The smallest absolute Gasteiger partial charge is 0.219 e. The van der Waals surface area contributed by atoms with Gasteiger partial charge in [-0.2, -0.15) is 0 Å². The summed E-state index contributed by atoms with van der Waals surface area (Å²) in [4.78, 5) is 11.6. The summed E-state index contributed by atoms with van der Waals surface area (Å²) >= 11 is 0. The van der Waals surface area contributed by atoms with Gasteiger partial charge in [-0.25, -0.2) is 0 Å². The van der Waals surface area contributed by atoms with E-state index in [0.29, 0.717) is 6.42 Å². The topological polar surface area (TPSA) is 29.1 Å². The first-order valence-corrected chi connectivity index (χ1v) is 9.73. The second-order valence-corrected chi connectivity index (χ2v) is 6.33. The summed E-state index contributed by atoms with van der Waals surface area (Å²) in [5.74, 6) is 0.246. The lowest BCUT2D eigenvalue weighted by atomic mass is 10.1. The highest BCUT2D eigenvalue weighted by atomic mass is 16.1. The lowest BCUT2D eigenvalue weighted by molar-refractivity contribution is -0.121. The minimum absolute atomic E-state index is 0.246. The number of carbonyl (C=O) groups excluding carboxylic acids is 1. The summed E-state index contributed by atoms with van der Waals surface area (Å²) in [5, 5.41) is 3.03. The fraction of sp³-hybridized carbons (Fsp3) is 0.850. The molecular formula is C20H39NO. The molecule has 0 unspecified atom stereocenters. The standard InChI is InChI=1S/C20H39NO/c1-3-5-7-9-10-11-12-13-14-15-16-18-20(22)21-19-17-8-6-4-2/h9-10H,3-8,11-19H2,1-2H3,(H,21,22)/b10-9-. The first kappa shape index (κ1) is 21.2. The Bertz CT molecular complexity index is 260. The van der Waals surface area contributed by atoms with Gasteiger partial charge in [0.2, 0.25) is 5.91 Å². The van der Waals surface area contributed by atoms with E-state index >= 15 is 0 Å². The summed E-state index contributed by atoms with van der Waals surface area (Å²) in [5.41, 5.74) is 0. The van der Waals surface area contributed by atoms with Crippen LogP contribution >= 0.6 is 0 Å². The zero-order valence-electron chi connectivity index (χ0n) is 15.2. The van der Waals surface area contributed by atoms with Gasteiger partial charge in [-0.15, -0.1) is 0 Å². The number of rotatable bonds is 16. The van der Waals surface area contributed by atoms with Crippen molar-refractivity contribution in [3.05, 3.63) is 12.2 Å². The first-order chi connectivity index (χ1) is 10.8. The van der Waals surface area contributed by atoms with Crippen LogP contribution in [0.15, 0.2) is 12.2 Å². The fourth-order valence-corrected chi connectivity index (χ4v) is 2.50. The zero-order chi connectivity index (χ0) is 16.3. The molecule has 0 heterocycles. The predicted molar refractivity (Wildman–Crippen MR) is 98.1 cm³/mol. The van der Waals surface area contributed by atoms with E-state index in [-0.39, 0.29) is 5.91 Å². The third kappa shape index (κ3) is 17.3. The number of hydrogen-bond donors (Lipinski definition) is 1. The summed E-state index contributed by atoms with van der Waals surface area (Å²) in [6.45, 7) is 5.31. The number of nitrogens with one attached hydrogen (secondary N) is 1. The van der Waals surface area contributed by atoms with Crippen LogP contribution in [-0.4, -0.2) is 12.5 Å². The molecule has 0 radical (unpaired) electrons. The third-order valence-corrected chi connectivity index (χ3v) is 4.02. The molecule has 0 aromatic rings. The van der Waals surface area contributed by atoms with Crippen molar-refractivity contribution in [2.45, 2.75) is 104 Å². The van der Waals surface area contributed by atoms with E-state index in [9.17, 15) is 4.79 Å². The van der Waals surface area contributed by atoms with E-state index in [2.05, 4.69) is 31.3 Å². The lowest BCUT2D eigenvalue weighted by Gasteiger charge is -2.05.